The minimum absolute atomic E-state index is 0. The molecular weight excluding hydrogens is 159 g/mol. The fraction of sp³-hybridized carbons (Fsp3) is 0.200. The van der Waals surface area contributed by atoms with Crippen molar-refractivity contribution in [3.8, 4) is 0 Å². The maximum atomic E-state index is 11.4. The molecule has 0 bridgehead atoms. The van der Waals surface area contributed by atoms with Crippen molar-refractivity contribution in [2.24, 2.45) is 0 Å². The van der Waals surface area contributed by atoms with E-state index in [-0.39, 0.29) is 35.3 Å². The van der Waals surface area contributed by atoms with E-state index in [4.69, 9.17) is 0 Å². The zero-order chi connectivity index (χ0) is 7.84. The molecule has 1 aromatic carbocycles. The van der Waals surface area contributed by atoms with Gasteiger partial charge < -0.3 is 5.11 Å². The summed E-state index contributed by atoms with van der Waals surface area (Å²) in [5, 5.41) is 11.4. The topological polar surface area (TPSA) is 23.1 Å². The van der Waals surface area contributed by atoms with Gasteiger partial charge in [0.05, 0.1) is 0 Å². The fourth-order valence-electron chi connectivity index (χ4n) is 1.49. The Morgan fingerprint density at radius 3 is 2.58 bits per heavy atom. The predicted molar refractivity (Wildman–Crippen MR) is 42.7 cm³/mol. The number of hydrogen-bond donors (Lipinski definition) is 0. The van der Waals surface area contributed by atoms with Gasteiger partial charge in [-0.25, -0.2) is 0 Å². The number of rotatable bonds is 0. The van der Waals surface area contributed by atoms with Crippen LogP contribution in [0.3, 0.4) is 0 Å². The third kappa shape index (κ3) is 1.45. The third-order valence-corrected chi connectivity index (χ3v) is 2.11. The van der Waals surface area contributed by atoms with Gasteiger partial charge in [-0.05, 0) is 24.5 Å². The van der Waals surface area contributed by atoms with Crippen molar-refractivity contribution in [3.05, 3.63) is 41.0 Å². The van der Waals surface area contributed by atoms with Gasteiger partial charge in [0, 0.05) is 0 Å². The summed E-state index contributed by atoms with van der Waals surface area (Å²) in [4.78, 5) is 0. The molecule has 1 aliphatic rings. The first-order valence-electron chi connectivity index (χ1n) is 3.74. The molecule has 0 heterocycles. The van der Waals surface area contributed by atoms with E-state index in [9.17, 15) is 5.11 Å². The Morgan fingerprint density at radius 2 is 1.92 bits per heavy atom. The molecule has 0 unspecified atom stereocenters. The molecule has 1 aliphatic carbocycles. The molecule has 0 atom stereocenters. The Bertz CT molecular complexity index is 328. The van der Waals surface area contributed by atoms with Crippen LogP contribution >= 0.6 is 0 Å². The van der Waals surface area contributed by atoms with Gasteiger partial charge in [0.2, 0.25) is 0 Å². The van der Waals surface area contributed by atoms with E-state index < -0.39 is 0 Å². The maximum absolute atomic E-state index is 11.4. The molecule has 0 radical (unpaired) electrons. The van der Waals surface area contributed by atoms with Crippen molar-refractivity contribution >= 4 is 5.76 Å². The first kappa shape index (κ1) is 9.85. The second kappa shape index (κ2) is 3.65. The Kier molecular flexibility index (Phi) is 2.99. The maximum Gasteiger partial charge on any atom is 1.00 e. The number of allylic oxidation sites excluding steroid dienone is 1. The Labute approximate surface area is 94.4 Å². The molecule has 0 fully saturated rings. The molecule has 0 aliphatic heterocycles. The molecule has 2 rings (SSSR count). The van der Waals surface area contributed by atoms with Crippen molar-refractivity contribution in [1.82, 2.24) is 0 Å². The summed E-state index contributed by atoms with van der Waals surface area (Å²) < 4.78 is 0. The van der Waals surface area contributed by atoms with E-state index in [0.29, 0.717) is 0 Å². The van der Waals surface area contributed by atoms with Crippen molar-refractivity contribution in [3.63, 3.8) is 0 Å². The molecular formula is C10H9NaO. The second-order valence-electron chi connectivity index (χ2n) is 2.94. The molecule has 0 N–H and O–H groups in total. The summed E-state index contributed by atoms with van der Waals surface area (Å²) >= 11 is 0. The van der Waals surface area contributed by atoms with E-state index in [1.54, 1.807) is 0 Å². The van der Waals surface area contributed by atoms with Crippen molar-refractivity contribution in [2.75, 3.05) is 0 Å². The third-order valence-electron chi connectivity index (χ3n) is 2.11. The largest absolute Gasteiger partial charge is 1.00 e. The van der Waals surface area contributed by atoms with Gasteiger partial charge in [-0.15, -0.1) is 5.76 Å². The molecule has 0 aromatic heterocycles. The molecule has 12 heavy (non-hydrogen) atoms. The predicted octanol–water partition coefficient (Wildman–Crippen LogP) is -1.66. The summed E-state index contributed by atoms with van der Waals surface area (Å²) in [7, 11) is 0. The van der Waals surface area contributed by atoms with Crippen LogP contribution in [0, 0.1) is 0 Å². The minimum atomic E-state index is 0. The van der Waals surface area contributed by atoms with Gasteiger partial charge in [-0.2, -0.15) is 0 Å². The van der Waals surface area contributed by atoms with Gasteiger partial charge in [0.1, 0.15) is 0 Å². The molecule has 56 valence electrons. The van der Waals surface area contributed by atoms with Crippen LogP contribution in [-0.2, 0) is 6.42 Å². The standard InChI is InChI=1S/C10H10O.Na/c1-7-6-8-4-2-3-5-9(8)10(7)11;/h2-5,11H,6H2,1H3;/q;+1/p-1. The number of hydrogen-bond acceptors (Lipinski definition) is 1. The molecule has 0 saturated heterocycles. The van der Waals surface area contributed by atoms with Crippen LogP contribution < -0.4 is 34.7 Å². The van der Waals surface area contributed by atoms with E-state index >= 15 is 0 Å². The molecule has 0 amide bonds. The quantitative estimate of drug-likeness (QED) is 0.425. The summed E-state index contributed by atoms with van der Waals surface area (Å²) in [5.41, 5.74) is 3.03. The zero-order valence-corrected chi connectivity index (χ0v) is 9.42. The summed E-state index contributed by atoms with van der Waals surface area (Å²) in [6.45, 7) is 1.91. The monoisotopic (exact) mass is 168 g/mol. The molecule has 0 spiro atoms. The van der Waals surface area contributed by atoms with Crippen LogP contribution in [0.15, 0.2) is 29.8 Å². The summed E-state index contributed by atoms with van der Waals surface area (Å²) in [6.07, 6.45) is 0.842. The Hall–Kier alpha value is -0.240. The van der Waals surface area contributed by atoms with Crippen molar-refractivity contribution in [1.29, 1.82) is 0 Å². The zero-order valence-electron chi connectivity index (χ0n) is 7.42. The van der Waals surface area contributed by atoms with Gasteiger partial charge in [0.25, 0.3) is 0 Å². The van der Waals surface area contributed by atoms with Gasteiger partial charge in [-0.1, -0.05) is 29.8 Å². The van der Waals surface area contributed by atoms with Crippen LogP contribution in [0.1, 0.15) is 18.1 Å². The minimum Gasteiger partial charge on any atom is -0.872 e. The molecule has 1 aromatic rings. The van der Waals surface area contributed by atoms with Crippen LogP contribution in [0.2, 0.25) is 0 Å². The summed E-state index contributed by atoms with van der Waals surface area (Å²) in [5.74, 6) is 0.223. The normalized spacial score (nSPS) is 14.1. The van der Waals surface area contributed by atoms with Crippen LogP contribution in [0.4, 0.5) is 0 Å². The number of benzene rings is 1. The molecule has 0 saturated carbocycles. The van der Waals surface area contributed by atoms with Crippen LogP contribution in [0.25, 0.3) is 5.76 Å². The van der Waals surface area contributed by atoms with Gasteiger partial charge in [-0.3, -0.25) is 0 Å². The summed E-state index contributed by atoms with van der Waals surface area (Å²) in [6, 6.07) is 7.80. The first-order chi connectivity index (χ1) is 5.29. The Balaban J connectivity index is 0.000000720. The average Bonchev–Trinajstić information content (AvgIpc) is 2.30. The first-order valence-corrected chi connectivity index (χ1v) is 3.74. The smallest absolute Gasteiger partial charge is 0.872 e. The molecule has 2 heteroatoms. The number of fused-ring (bicyclic) bond motifs is 1. The van der Waals surface area contributed by atoms with Crippen molar-refractivity contribution in [2.45, 2.75) is 13.3 Å². The van der Waals surface area contributed by atoms with Crippen molar-refractivity contribution < 1.29 is 34.7 Å². The second-order valence-corrected chi connectivity index (χ2v) is 2.94. The van der Waals surface area contributed by atoms with Crippen LogP contribution in [0.5, 0.6) is 0 Å². The van der Waals surface area contributed by atoms with E-state index in [1.165, 1.54) is 5.56 Å². The van der Waals surface area contributed by atoms with E-state index in [2.05, 4.69) is 0 Å². The fourth-order valence-corrected chi connectivity index (χ4v) is 1.49. The van der Waals surface area contributed by atoms with Gasteiger partial charge >= 0.3 is 29.6 Å². The van der Waals surface area contributed by atoms with E-state index in [1.807, 2.05) is 31.2 Å². The van der Waals surface area contributed by atoms with Gasteiger partial charge in [0.15, 0.2) is 0 Å². The average molecular weight is 168 g/mol. The molecule has 1 nitrogen and oxygen atoms in total. The van der Waals surface area contributed by atoms with E-state index in [0.717, 1.165) is 17.6 Å². The van der Waals surface area contributed by atoms with Crippen LogP contribution in [-0.4, -0.2) is 0 Å². The Morgan fingerprint density at radius 1 is 1.25 bits per heavy atom. The SMILES string of the molecule is CC1=C([O-])c2ccccc2C1.[Na+].